The normalized spacial score (nSPS) is 22.5. The molecule has 1 fully saturated rings. The van der Waals surface area contributed by atoms with Crippen molar-refractivity contribution in [3.05, 3.63) is 35.9 Å². The van der Waals surface area contributed by atoms with E-state index in [-0.39, 0.29) is 6.09 Å². The highest BCUT2D eigenvalue weighted by molar-refractivity contribution is 5.68. The van der Waals surface area contributed by atoms with E-state index in [0.29, 0.717) is 18.6 Å². The summed E-state index contributed by atoms with van der Waals surface area (Å²) in [6, 6.07) is 10.2. The second kappa shape index (κ2) is 6.57. The standard InChI is InChI=1S/C15H22N2O2/c1-3-13-9-17(10-14(13)16-2)15(18)19-11-12-7-5-4-6-8-12/h4-8,13-14,16H,3,9-11H2,1-2H3. The van der Waals surface area contributed by atoms with E-state index in [1.807, 2.05) is 37.4 Å². The summed E-state index contributed by atoms with van der Waals surface area (Å²) in [7, 11) is 1.95. The Bertz CT molecular complexity index is 396. The van der Waals surface area contributed by atoms with Crippen molar-refractivity contribution < 1.29 is 9.53 Å². The molecule has 4 nitrogen and oxygen atoms in total. The van der Waals surface area contributed by atoms with Gasteiger partial charge in [-0.2, -0.15) is 0 Å². The molecule has 0 aliphatic carbocycles. The van der Waals surface area contributed by atoms with Crippen LogP contribution in [-0.2, 0) is 11.3 Å². The van der Waals surface area contributed by atoms with Crippen molar-refractivity contribution in [2.75, 3.05) is 20.1 Å². The maximum atomic E-state index is 12.0. The van der Waals surface area contributed by atoms with Gasteiger partial charge in [0.2, 0.25) is 0 Å². The molecule has 0 bridgehead atoms. The van der Waals surface area contributed by atoms with Crippen LogP contribution in [0.3, 0.4) is 0 Å². The van der Waals surface area contributed by atoms with Crippen molar-refractivity contribution in [3.63, 3.8) is 0 Å². The Labute approximate surface area is 114 Å². The van der Waals surface area contributed by atoms with Crippen LogP contribution in [0, 0.1) is 5.92 Å². The molecule has 104 valence electrons. The lowest BCUT2D eigenvalue weighted by molar-refractivity contribution is 0.103. The number of carbonyl (C=O) groups is 1. The lowest BCUT2D eigenvalue weighted by Crippen LogP contribution is -2.34. The van der Waals surface area contributed by atoms with Crippen molar-refractivity contribution in [3.8, 4) is 0 Å². The van der Waals surface area contributed by atoms with Crippen LogP contribution in [0.15, 0.2) is 30.3 Å². The second-order valence-electron chi connectivity index (χ2n) is 5.01. The van der Waals surface area contributed by atoms with Gasteiger partial charge in [0.25, 0.3) is 0 Å². The topological polar surface area (TPSA) is 41.6 Å². The molecule has 2 atom stereocenters. The molecule has 1 N–H and O–H groups in total. The molecule has 1 aromatic rings. The fourth-order valence-corrected chi connectivity index (χ4v) is 2.57. The minimum atomic E-state index is -0.208. The third kappa shape index (κ3) is 3.47. The Hall–Kier alpha value is -1.55. The molecule has 0 aromatic heterocycles. The number of nitrogens with zero attached hydrogens (tertiary/aromatic N) is 1. The SMILES string of the molecule is CCC1CN(C(=O)OCc2ccccc2)CC1NC. The maximum Gasteiger partial charge on any atom is 0.410 e. The average molecular weight is 262 g/mol. The van der Waals surface area contributed by atoms with Crippen LogP contribution in [0.5, 0.6) is 0 Å². The summed E-state index contributed by atoms with van der Waals surface area (Å²) < 4.78 is 5.36. The molecule has 0 radical (unpaired) electrons. The van der Waals surface area contributed by atoms with Gasteiger partial charge < -0.3 is 15.0 Å². The van der Waals surface area contributed by atoms with Crippen LogP contribution in [-0.4, -0.2) is 37.2 Å². The summed E-state index contributed by atoms with van der Waals surface area (Å²) in [5.41, 5.74) is 1.02. The van der Waals surface area contributed by atoms with Gasteiger partial charge in [0.1, 0.15) is 6.61 Å². The third-order valence-electron chi connectivity index (χ3n) is 3.80. The molecule has 0 spiro atoms. The Morgan fingerprint density at radius 1 is 1.37 bits per heavy atom. The van der Waals surface area contributed by atoms with Crippen molar-refractivity contribution in [1.29, 1.82) is 0 Å². The summed E-state index contributed by atoms with van der Waals surface area (Å²) in [5.74, 6) is 0.522. The number of likely N-dealkylation sites (N-methyl/N-ethyl adjacent to an activating group) is 1. The predicted molar refractivity (Wildman–Crippen MR) is 74.8 cm³/mol. The monoisotopic (exact) mass is 262 g/mol. The number of ether oxygens (including phenoxy) is 1. The highest BCUT2D eigenvalue weighted by Crippen LogP contribution is 2.20. The smallest absolute Gasteiger partial charge is 0.410 e. The van der Waals surface area contributed by atoms with E-state index < -0.39 is 0 Å². The summed E-state index contributed by atoms with van der Waals surface area (Å²) in [6.07, 6.45) is 0.869. The van der Waals surface area contributed by atoms with Crippen molar-refractivity contribution in [2.24, 2.45) is 5.92 Å². The zero-order valence-corrected chi connectivity index (χ0v) is 11.6. The fraction of sp³-hybridized carbons (Fsp3) is 0.533. The Morgan fingerprint density at radius 2 is 2.11 bits per heavy atom. The lowest BCUT2D eigenvalue weighted by Gasteiger charge is -2.16. The van der Waals surface area contributed by atoms with E-state index in [4.69, 9.17) is 4.74 Å². The number of nitrogens with one attached hydrogen (secondary N) is 1. The first-order valence-electron chi connectivity index (χ1n) is 6.87. The van der Waals surface area contributed by atoms with E-state index in [0.717, 1.165) is 25.1 Å². The molecule has 4 heteroatoms. The van der Waals surface area contributed by atoms with Crippen LogP contribution < -0.4 is 5.32 Å². The molecule has 2 unspecified atom stereocenters. The Balaban J connectivity index is 1.84. The average Bonchev–Trinajstić information content (AvgIpc) is 2.89. The summed E-state index contributed by atoms with van der Waals surface area (Å²) in [6.45, 7) is 4.03. The molecule has 1 aliphatic rings. The molecule has 1 saturated heterocycles. The van der Waals surface area contributed by atoms with Gasteiger partial charge in [-0.15, -0.1) is 0 Å². The number of carbonyl (C=O) groups excluding carboxylic acids is 1. The molecular weight excluding hydrogens is 240 g/mol. The molecule has 2 rings (SSSR count). The number of likely N-dealkylation sites (tertiary alicyclic amines) is 1. The van der Waals surface area contributed by atoms with Gasteiger partial charge in [0.05, 0.1) is 0 Å². The summed E-state index contributed by atoms with van der Waals surface area (Å²) in [5, 5.41) is 3.27. The minimum absolute atomic E-state index is 0.208. The largest absolute Gasteiger partial charge is 0.445 e. The molecule has 1 aromatic carbocycles. The van der Waals surface area contributed by atoms with Gasteiger partial charge in [-0.25, -0.2) is 4.79 Å². The van der Waals surface area contributed by atoms with E-state index in [9.17, 15) is 4.79 Å². The fourth-order valence-electron chi connectivity index (χ4n) is 2.57. The van der Waals surface area contributed by atoms with E-state index >= 15 is 0 Å². The van der Waals surface area contributed by atoms with E-state index in [2.05, 4.69) is 12.2 Å². The summed E-state index contributed by atoms with van der Waals surface area (Å²) in [4.78, 5) is 13.8. The zero-order chi connectivity index (χ0) is 13.7. The number of hydrogen-bond acceptors (Lipinski definition) is 3. The molecule has 19 heavy (non-hydrogen) atoms. The highest BCUT2D eigenvalue weighted by Gasteiger charge is 2.33. The molecule has 1 aliphatic heterocycles. The number of benzene rings is 1. The van der Waals surface area contributed by atoms with Gasteiger partial charge in [0.15, 0.2) is 0 Å². The van der Waals surface area contributed by atoms with Gasteiger partial charge in [-0.1, -0.05) is 43.7 Å². The quantitative estimate of drug-likeness (QED) is 0.905. The Morgan fingerprint density at radius 3 is 2.68 bits per heavy atom. The molecule has 1 heterocycles. The first kappa shape index (κ1) is 13.9. The zero-order valence-electron chi connectivity index (χ0n) is 11.6. The maximum absolute atomic E-state index is 12.0. The van der Waals surface area contributed by atoms with Crippen LogP contribution >= 0.6 is 0 Å². The van der Waals surface area contributed by atoms with Crippen LogP contribution in [0.1, 0.15) is 18.9 Å². The van der Waals surface area contributed by atoms with Gasteiger partial charge in [0, 0.05) is 19.1 Å². The van der Waals surface area contributed by atoms with Crippen LogP contribution in [0.4, 0.5) is 4.79 Å². The molecular formula is C15H22N2O2. The van der Waals surface area contributed by atoms with Crippen molar-refractivity contribution >= 4 is 6.09 Å². The first-order valence-corrected chi connectivity index (χ1v) is 6.87. The summed E-state index contributed by atoms with van der Waals surface area (Å²) >= 11 is 0. The van der Waals surface area contributed by atoms with Gasteiger partial charge >= 0.3 is 6.09 Å². The third-order valence-corrected chi connectivity index (χ3v) is 3.80. The number of hydrogen-bond donors (Lipinski definition) is 1. The Kier molecular flexibility index (Phi) is 4.80. The lowest BCUT2D eigenvalue weighted by atomic mass is 10.0. The van der Waals surface area contributed by atoms with Crippen LogP contribution in [0.2, 0.25) is 0 Å². The van der Waals surface area contributed by atoms with Gasteiger partial charge in [-0.05, 0) is 18.5 Å². The molecule has 0 saturated carbocycles. The minimum Gasteiger partial charge on any atom is -0.445 e. The molecule has 1 amide bonds. The second-order valence-corrected chi connectivity index (χ2v) is 5.01. The first-order chi connectivity index (χ1) is 9.24. The van der Waals surface area contributed by atoms with Crippen molar-refractivity contribution in [2.45, 2.75) is 26.0 Å². The number of amides is 1. The van der Waals surface area contributed by atoms with Gasteiger partial charge in [-0.3, -0.25) is 0 Å². The van der Waals surface area contributed by atoms with E-state index in [1.165, 1.54) is 0 Å². The highest BCUT2D eigenvalue weighted by atomic mass is 16.6. The van der Waals surface area contributed by atoms with Crippen molar-refractivity contribution in [1.82, 2.24) is 10.2 Å². The number of rotatable bonds is 4. The van der Waals surface area contributed by atoms with Crippen LogP contribution in [0.25, 0.3) is 0 Å². The van der Waals surface area contributed by atoms with E-state index in [1.54, 1.807) is 4.90 Å². The predicted octanol–water partition coefficient (Wildman–Crippen LogP) is 2.25.